The molecule has 0 radical (unpaired) electrons. The molecule has 1 saturated carbocycles. The second-order valence-corrected chi connectivity index (χ2v) is 7.59. The first-order valence-corrected chi connectivity index (χ1v) is 9.88. The van der Waals surface area contributed by atoms with Crippen LogP contribution in [0.3, 0.4) is 0 Å². The Kier molecular flexibility index (Phi) is 6.52. The first-order valence-electron chi connectivity index (χ1n) is 8.52. The maximum Gasteiger partial charge on any atom is 0.251 e. The van der Waals surface area contributed by atoms with E-state index in [0.29, 0.717) is 22.4 Å². The Hall–Kier alpha value is -2.32. The summed E-state index contributed by atoms with van der Waals surface area (Å²) in [6, 6.07) is 8.83. The number of hydrogen-bond donors (Lipinski definition) is 3. The number of nitrogens with zero attached hydrogens (tertiary/aromatic N) is 1. The highest BCUT2D eigenvalue weighted by atomic mass is 35.5. The Morgan fingerprint density at radius 2 is 2.04 bits per heavy atom. The van der Waals surface area contributed by atoms with Gasteiger partial charge in [0.25, 0.3) is 5.56 Å². The van der Waals surface area contributed by atoms with Crippen LogP contribution < -0.4 is 16.2 Å². The van der Waals surface area contributed by atoms with Crippen LogP contribution in [0.15, 0.2) is 40.3 Å². The molecule has 0 spiro atoms. The predicted molar refractivity (Wildman–Crippen MR) is 104 cm³/mol. The molecule has 0 saturated heterocycles. The van der Waals surface area contributed by atoms with Gasteiger partial charge in [-0.05, 0) is 24.5 Å². The average molecular weight is 407 g/mol. The van der Waals surface area contributed by atoms with Crippen molar-refractivity contribution in [2.24, 2.45) is 0 Å². The van der Waals surface area contributed by atoms with E-state index in [9.17, 15) is 14.4 Å². The van der Waals surface area contributed by atoms with Gasteiger partial charge in [-0.1, -0.05) is 41.6 Å². The van der Waals surface area contributed by atoms with Gasteiger partial charge in [0.05, 0.1) is 17.9 Å². The number of hydrogen-bond acceptors (Lipinski definition) is 5. The number of halogens is 1. The van der Waals surface area contributed by atoms with Crippen molar-refractivity contribution in [2.45, 2.75) is 37.0 Å². The maximum atomic E-state index is 12.0. The van der Waals surface area contributed by atoms with Crippen molar-refractivity contribution in [3.05, 3.63) is 57.0 Å². The minimum Gasteiger partial charge on any atom is -0.353 e. The number of rotatable bonds is 8. The zero-order chi connectivity index (χ0) is 19.2. The second kappa shape index (κ2) is 9.05. The zero-order valence-corrected chi connectivity index (χ0v) is 16.0. The third-order valence-electron chi connectivity index (χ3n) is 3.83. The summed E-state index contributed by atoms with van der Waals surface area (Å²) in [4.78, 5) is 42.5. The van der Waals surface area contributed by atoms with E-state index in [0.717, 1.165) is 30.2 Å². The van der Waals surface area contributed by atoms with Crippen LogP contribution in [0.4, 0.5) is 0 Å². The number of amides is 2. The molecule has 1 heterocycles. The second-order valence-electron chi connectivity index (χ2n) is 6.22. The molecule has 7 nitrogen and oxygen atoms in total. The van der Waals surface area contributed by atoms with E-state index in [2.05, 4.69) is 20.6 Å². The third kappa shape index (κ3) is 6.41. The van der Waals surface area contributed by atoms with Crippen LogP contribution >= 0.6 is 23.4 Å². The normalized spacial score (nSPS) is 13.2. The molecule has 3 N–H and O–H groups in total. The SMILES string of the molecule is O=C(CSc1nc(CC(=O)NC2CC2)cc(=O)[nH]1)NCc1ccccc1Cl. The summed E-state index contributed by atoms with van der Waals surface area (Å²) in [5.41, 5.74) is 0.863. The van der Waals surface area contributed by atoms with E-state index >= 15 is 0 Å². The van der Waals surface area contributed by atoms with Crippen LogP contribution in [0.5, 0.6) is 0 Å². The topological polar surface area (TPSA) is 104 Å². The van der Waals surface area contributed by atoms with E-state index in [1.807, 2.05) is 18.2 Å². The van der Waals surface area contributed by atoms with Gasteiger partial charge in [0.1, 0.15) is 0 Å². The van der Waals surface area contributed by atoms with Gasteiger partial charge in [0, 0.05) is 23.7 Å². The highest BCUT2D eigenvalue weighted by molar-refractivity contribution is 7.99. The summed E-state index contributed by atoms with van der Waals surface area (Å²) >= 11 is 7.16. The zero-order valence-electron chi connectivity index (χ0n) is 14.5. The number of aromatic nitrogens is 2. The summed E-state index contributed by atoms with van der Waals surface area (Å²) in [7, 11) is 0. The van der Waals surface area contributed by atoms with Gasteiger partial charge in [0.15, 0.2) is 5.16 Å². The fourth-order valence-electron chi connectivity index (χ4n) is 2.33. The Labute approximate surface area is 165 Å². The minimum atomic E-state index is -0.349. The first-order chi connectivity index (χ1) is 13.0. The van der Waals surface area contributed by atoms with Gasteiger partial charge in [-0.25, -0.2) is 4.98 Å². The lowest BCUT2D eigenvalue weighted by atomic mass is 10.2. The molecule has 0 aliphatic heterocycles. The number of carbonyl (C=O) groups is 2. The van der Waals surface area contributed by atoms with Crippen LogP contribution in [-0.4, -0.2) is 33.6 Å². The highest BCUT2D eigenvalue weighted by Gasteiger charge is 2.23. The number of carbonyl (C=O) groups excluding carboxylic acids is 2. The van der Waals surface area contributed by atoms with Crippen molar-refractivity contribution in [3.63, 3.8) is 0 Å². The molecule has 2 aromatic rings. The quantitative estimate of drug-likeness (QED) is 0.457. The van der Waals surface area contributed by atoms with E-state index in [4.69, 9.17) is 11.6 Å². The van der Waals surface area contributed by atoms with E-state index in [1.165, 1.54) is 6.07 Å². The van der Waals surface area contributed by atoms with Crippen molar-refractivity contribution >= 4 is 35.2 Å². The van der Waals surface area contributed by atoms with E-state index in [1.54, 1.807) is 6.07 Å². The molecule has 142 valence electrons. The Morgan fingerprint density at radius 3 is 2.78 bits per heavy atom. The lowest BCUT2D eigenvalue weighted by Gasteiger charge is -2.07. The van der Waals surface area contributed by atoms with Crippen molar-refractivity contribution < 1.29 is 9.59 Å². The summed E-state index contributed by atoms with van der Waals surface area (Å²) in [5, 5.41) is 6.53. The summed E-state index contributed by atoms with van der Waals surface area (Å²) < 4.78 is 0. The van der Waals surface area contributed by atoms with Crippen LogP contribution in [-0.2, 0) is 22.6 Å². The lowest BCUT2D eigenvalue weighted by molar-refractivity contribution is -0.121. The van der Waals surface area contributed by atoms with Crippen molar-refractivity contribution in [1.29, 1.82) is 0 Å². The number of thioether (sulfide) groups is 1. The highest BCUT2D eigenvalue weighted by Crippen LogP contribution is 2.19. The van der Waals surface area contributed by atoms with Crippen molar-refractivity contribution in [3.8, 4) is 0 Å². The molecule has 1 fully saturated rings. The van der Waals surface area contributed by atoms with Crippen LogP contribution in [0.25, 0.3) is 0 Å². The molecule has 1 aromatic heterocycles. The molecule has 9 heteroatoms. The molecule has 0 unspecified atom stereocenters. The van der Waals surface area contributed by atoms with Gasteiger partial charge < -0.3 is 15.6 Å². The molecule has 3 rings (SSSR count). The largest absolute Gasteiger partial charge is 0.353 e. The van der Waals surface area contributed by atoms with Crippen LogP contribution in [0, 0.1) is 0 Å². The Morgan fingerprint density at radius 1 is 1.26 bits per heavy atom. The van der Waals surface area contributed by atoms with Crippen molar-refractivity contribution in [1.82, 2.24) is 20.6 Å². The third-order valence-corrected chi connectivity index (χ3v) is 5.07. The van der Waals surface area contributed by atoms with Gasteiger partial charge >= 0.3 is 0 Å². The van der Waals surface area contributed by atoms with Gasteiger partial charge in [0.2, 0.25) is 11.8 Å². The first kappa shape index (κ1) is 19.4. The maximum absolute atomic E-state index is 12.0. The Balaban J connectivity index is 1.50. The fraction of sp³-hybridized carbons (Fsp3) is 0.333. The standard InChI is InChI=1S/C18H19ClN4O3S/c19-14-4-2-1-3-11(14)9-20-17(26)10-27-18-22-13(8-16(25)23-18)7-15(24)21-12-5-6-12/h1-4,8,12H,5-7,9-10H2,(H,20,26)(H,21,24)(H,22,23,25). The molecule has 1 aliphatic carbocycles. The smallest absolute Gasteiger partial charge is 0.251 e. The summed E-state index contributed by atoms with van der Waals surface area (Å²) in [5.74, 6) is -0.269. The minimum absolute atomic E-state index is 0.0483. The Bertz CT molecular complexity index is 898. The van der Waals surface area contributed by atoms with Crippen LogP contribution in [0.2, 0.25) is 5.02 Å². The monoisotopic (exact) mass is 406 g/mol. The van der Waals surface area contributed by atoms with Gasteiger partial charge in [-0.2, -0.15) is 0 Å². The lowest BCUT2D eigenvalue weighted by Crippen LogP contribution is -2.28. The summed E-state index contributed by atoms with van der Waals surface area (Å²) in [6.45, 7) is 0.324. The molecule has 27 heavy (non-hydrogen) atoms. The fourth-order valence-corrected chi connectivity index (χ4v) is 3.26. The number of benzene rings is 1. The number of aromatic amines is 1. The van der Waals surface area contributed by atoms with Gasteiger partial charge in [-0.3, -0.25) is 14.4 Å². The van der Waals surface area contributed by atoms with Crippen molar-refractivity contribution in [2.75, 3.05) is 5.75 Å². The molecular formula is C18H19ClN4O3S. The van der Waals surface area contributed by atoms with Gasteiger partial charge in [-0.15, -0.1) is 0 Å². The molecular weight excluding hydrogens is 388 g/mol. The molecule has 2 amide bonds. The molecule has 1 aliphatic rings. The van der Waals surface area contributed by atoms with Crippen LogP contribution in [0.1, 0.15) is 24.1 Å². The van der Waals surface area contributed by atoms with E-state index in [-0.39, 0.29) is 35.6 Å². The number of nitrogens with one attached hydrogen (secondary N) is 3. The number of H-pyrrole nitrogens is 1. The molecule has 0 bridgehead atoms. The average Bonchev–Trinajstić information content (AvgIpc) is 3.42. The predicted octanol–water partition coefficient (Wildman–Crippen LogP) is 1.65. The van der Waals surface area contributed by atoms with E-state index < -0.39 is 0 Å². The molecule has 0 atom stereocenters. The molecule has 1 aromatic carbocycles. The summed E-state index contributed by atoms with van der Waals surface area (Å²) in [6.07, 6.45) is 2.05.